The Kier molecular flexibility index (Phi) is 10.7. The van der Waals surface area contributed by atoms with Gasteiger partial charge in [-0.15, -0.1) is 11.3 Å². The SMILES string of the molecule is CCCCCCCCCCCCc1c(Br)sc(Br)c1C(=O)O. The van der Waals surface area contributed by atoms with Crippen LogP contribution >= 0.6 is 43.2 Å². The molecule has 0 fully saturated rings. The minimum atomic E-state index is -0.837. The molecule has 1 rings (SSSR count). The fourth-order valence-electron chi connectivity index (χ4n) is 2.63. The van der Waals surface area contributed by atoms with Crippen LogP contribution in [0.5, 0.6) is 0 Å². The summed E-state index contributed by atoms with van der Waals surface area (Å²) < 4.78 is 1.67. The van der Waals surface area contributed by atoms with E-state index in [-0.39, 0.29) is 0 Å². The minimum Gasteiger partial charge on any atom is -0.478 e. The molecular formula is C17H26Br2O2S. The molecule has 0 saturated heterocycles. The van der Waals surface area contributed by atoms with E-state index >= 15 is 0 Å². The molecule has 0 aliphatic carbocycles. The third-order valence-electron chi connectivity index (χ3n) is 3.91. The predicted molar refractivity (Wildman–Crippen MR) is 102 cm³/mol. The Balaban J connectivity index is 2.16. The molecule has 1 aromatic heterocycles. The first-order valence-electron chi connectivity index (χ1n) is 8.27. The summed E-state index contributed by atoms with van der Waals surface area (Å²) >= 11 is 8.29. The van der Waals surface area contributed by atoms with Gasteiger partial charge in [0, 0.05) is 0 Å². The molecule has 0 unspecified atom stereocenters. The fraction of sp³-hybridized carbons (Fsp3) is 0.706. The van der Waals surface area contributed by atoms with Gasteiger partial charge in [-0.2, -0.15) is 0 Å². The number of carbonyl (C=O) groups is 1. The van der Waals surface area contributed by atoms with E-state index in [9.17, 15) is 9.90 Å². The normalized spacial score (nSPS) is 11.0. The van der Waals surface area contributed by atoms with Crippen LogP contribution in [-0.2, 0) is 6.42 Å². The average molecular weight is 454 g/mol. The van der Waals surface area contributed by atoms with Gasteiger partial charge in [-0.3, -0.25) is 0 Å². The molecule has 0 aliphatic rings. The summed E-state index contributed by atoms with van der Waals surface area (Å²) in [6, 6.07) is 0. The van der Waals surface area contributed by atoms with E-state index in [1.54, 1.807) is 0 Å². The van der Waals surface area contributed by atoms with E-state index in [1.807, 2.05) is 0 Å². The lowest BCUT2D eigenvalue weighted by Gasteiger charge is -2.04. The molecule has 5 heteroatoms. The Hall–Kier alpha value is 0.130. The number of unbranched alkanes of at least 4 members (excludes halogenated alkanes) is 9. The summed E-state index contributed by atoms with van der Waals surface area (Å²) in [5, 5.41) is 9.28. The van der Waals surface area contributed by atoms with Crippen molar-refractivity contribution in [2.45, 2.75) is 77.6 Å². The molecule has 0 aliphatic heterocycles. The topological polar surface area (TPSA) is 37.3 Å². The standard InChI is InChI=1S/C17H26Br2O2S/c1-2-3-4-5-6-7-8-9-10-11-12-13-14(17(20)21)16(19)22-15(13)18/h2-12H2,1H3,(H,20,21). The molecule has 22 heavy (non-hydrogen) atoms. The Bertz CT molecular complexity index is 458. The number of hydrogen-bond donors (Lipinski definition) is 1. The van der Waals surface area contributed by atoms with E-state index in [4.69, 9.17) is 0 Å². The molecule has 0 radical (unpaired) electrons. The average Bonchev–Trinajstić information content (AvgIpc) is 2.75. The summed E-state index contributed by atoms with van der Waals surface area (Å²) in [5.74, 6) is -0.837. The van der Waals surface area contributed by atoms with Gasteiger partial charge in [0.15, 0.2) is 0 Å². The van der Waals surface area contributed by atoms with Gasteiger partial charge in [0.25, 0.3) is 0 Å². The second-order valence-corrected chi connectivity index (χ2v) is 9.40. The molecule has 0 bridgehead atoms. The molecule has 0 amide bonds. The van der Waals surface area contributed by atoms with Crippen molar-refractivity contribution in [3.05, 3.63) is 18.7 Å². The summed E-state index contributed by atoms with van der Waals surface area (Å²) in [5.41, 5.74) is 1.39. The van der Waals surface area contributed by atoms with E-state index in [0.717, 1.165) is 22.2 Å². The number of rotatable bonds is 12. The molecule has 0 saturated carbocycles. The lowest BCUT2D eigenvalue weighted by Crippen LogP contribution is -2.00. The van der Waals surface area contributed by atoms with Gasteiger partial charge in [0.2, 0.25) is 0 Å². The Morgan fingerprint density at radius 2 is 1.41 bits per heavy atom. The Morgan fingerprint density at radius 1 is 0.909 bits per heavy atom. The van der Waals surface area contributed by atoms with E-state index in [1.165, 1.54) is 69.1 Å². The number of aromatic carboxylic acids is 1. The zero-order valence-electron chi connectivity index (χ0n) is 13.3. The highest BCUT2D eigenvalue weighted by atomic mass is 79.9. The third kappa shape index (κ3) is 7.14. The first-order valence-corrected chi connectivity index (χ1v) is 10.7. The summed E-state index contributed by atoms with van der Waals surface area (Å²) in [6.07, 6.45) is 13.8. The maximum Gasteiger partial charge on any atom is 0.338 e. The van der Waals surface area contributed by atoms with Gasteiger partial charge < -0.3 is 5.11 Å². The Labute approximate surface area is 155 Å². The van der Waals surface area contributed by atoms with Crippen molar-refractivity contribution in [2.24, 2.45) is 0 Å². The maximum atomic E-state index is 11.3. The molecular weight excluding hydrogens is 428 g/mol. The number of halogens is 2. The van der Waals surface area contributed by atoms with Crippen LogP contribution in [0.15, 0.2) is 7.57 Å². The fourth-order valence-corrected chi connectivity index (χ4v) is 5.86. The Morgan fingerprint density at radius 3 is 1.91 bits per heavy atom. The summed E-state index contributed by atoms with van der Waals surface area (Å²) in [6.45, 7) is 2.25. The highest BCUT2D eigenvalue weighted by Gasteiger charge is 2.20. The molecule has 126 valence electrons. The van der Waals surface area contributed by atoms with Crippen LogP contribution in [0.25, 0.3) is 0 Å². The van der Waals surface area contributed by atoms with Crippen LogP contribution in [0.3, 0.4) is 0 Å². The van der Waals surface area contributed by atoms with Crippen molar-refractivity contribution in [3.63, 3.8) is 0 Å². The van der Waals surface area contributed by atoms with Crippen molar-refractivity contribution in [2.75, 3.05) is 0 Å². The van der Waals surface area contributed by atoms with Crippen molar-refractivity contribution >= 4 is 49.2 Å². The second kappa shape index (κ2) is 11.6. The molecule has 0 spiro atoms. The molecule has 0 aromatic carbocycles. The van der Waals surface area contributed by atoms with Crippen LogP contribution in [0.2, 0.25) is 0 Å². The minimum absolute atomic E-state index is 0.438. The van der Waals surface area contributed by atoms with Crippen molar-refractivity contribution in [3.8, 4) is 0 Å². The molecule has 0 atom stereocenters. The highest BCUT2D eigenvalue weighted by molar-refractivity contribution is 9.12. The first kappa shape index (κ1) is 20.2. The maximum absolute atomic E-state index is 11.3. The lowest BCUT2D eigenvalue weighted by molar-refractivity contribution is 0.0695. The second-order valence-electron chi connectivity index (χ2n) is 5.74. The number of carboxylic acids is 1. The van der Waals surface area contributed by atoms with E-state index < -0.39 is 5.97 Å². The van der Waals surface area contributed by atoms with Crippen LogP contribution in [0.1, 0.15) is 87.1 Å². The largest absolute Gasteiger partial charge is 0.478 e. The van der Waals surface area contributed by atoms with E-state index in [0.29, 0.717) is 9.35 Å². The van der Waals surface area contributed by atoms with Crippen molar-refractivity contribution < 1.29 is 9.90 Å². The molecule has 1 N–H and O–H groups in total. The summed E-state index contributed by atoms with van der Waals surface area (Å²) in [4.78, 5) is 11.3. The molecule has 1 aromatic rings. The highest BCUT2D eigenvalue weighted by Crippen LogP contribution is 2.38. The van der Waals surface area contributed by atoms with Gasteiger partial charge >= 0.3 is 5.97 Å². The zero-order valence-corrected chi connectivity index (χ0v) is 17.3. The first-order chi connectivity index (χ1) is 10.6. The predicted octanol–water partition coefficient (Wildman–Crippen LogP) is 7.43. The van der Waals surface area contributed by atoms with Gasteiger partial charge in [0.1, 0.15) is 0 Å². The molecule has 1 heterocycles. The van der Waals surface area contributed by atoms with Crippen LogP contribution in [-0.4, -0.2) is 11.1 Å². The molecule has 2 nitrogen and oxygen atoms in total. The number of thiophene rings is 1. The quantitative estimate of drug-likeness (QED) is 0.334. The van der Waals surface area contributed by atoms with Crippen molar-refractivity contribution in [1.82, 2.24) is 0 Å². The van der Waals surface area contributed by atoms with Gasteiger partial charge in [-0.25, -0.2) is 4.79 Å². The monoisotopic (exact) mass is 452 g/mol. The van der Waals surface area contributed by atoms with Crippen molar-refractivity contribution in [1.29, 1.82) is 0 Å². The van der Waals surface area contributed by atoms with Gasteiger partial charge in [0.05, 0.1) is 13.1 Å². The van der Waals surface area contributed by atoms with Gasteiger partial charge in [-0.05, 0) is 50.3 Å². The smallest absolute Gasteiger partial charge is 0.338 e. The van der Waals surface area contributed by atoms with E-state index in [2.05, 4.69) is 38.8 Å². The van der Waals surface area contributed by atoms with Crippen LogP contribution in [0.4, 0.5) is 0 Å². The van der Waals surface area contributed by atoms with Crippen LogP contribution in [0, 0.1) is 0 Å². The zero-order chi connectivity index (χ0) is 16.4. The van der Waals surface area contributed by atoms with Crippen LogP contribution < -0.4 is 0 Å². The number of carboxylic acid groups (broad SMARTS) is 1. The number of hydrogen-bond acceptors (Lipinski definition) is 2. The lowest BCUT2D eigenvalue weighted by atomic mass is 10.0. The third-order valence-corrected chi connectivity index (χ3v) is 6.56. The van der Waals surface area contributed by atoms with Gasteiger partial charge in [-0.1, -0.05) is 64.7 Å². The summed E-state index contributed by atoms with van der Waals surface area (Å²) in [7, 11) is 0.